The van der Waals surface area contributed by atoms with Gasteiger partial charge in [0.15, 0.2) is 5.78 Å². The molecule has 7 atom stereocenters. The summed E-state index contributed by atoms with van der Waals surface area (Å²) in [7, 11) is 0. The first kappa shape index (κ1) is 15.2. The van der Waals surface area contributed by atoms with Crippen molar-refractivity contribution < 1.29 is 9.90 Å². The molecule has 0 saturated heterocycles. The van der Waals surface area contributed by atoms with Gasteiger partial charge in [0.25, 0.3) is 0 Å². The third-order valence-corrected chi connectivity index (χ3v) is 7.67. The van der Waals surface area contributed by atoms with Crippen LogP contribution in [0.4, 0.5) is 0 Å². The van der Waals surface area contributed by atoms with Gasteiger partial charge in [-0.05, 0) is 67.9 Å². The summed E-state index contributed by atoms with van der Waals surface area (Å²) in [5, 5.41) is 11.0. The Morgan fingerprint density at radius 2 is 2.13 bits per heavy atom. The van der Waals surface area contributed by atoms with Crippen molar-refractivity contribution in [1.29, 1.82) is 0 Å². The van der Waals surface area contributed by atoms with Gasteiger partial charge in [-0.3, -0.25) is 4.79 Å². The van der Waals surface area contributed by atoms with Crippen molar-refractivity contribution in [3.8, 4) is 12.3 Å². The SMILES string of the molecule is C#C[C@@]1(O)CC[C@@H]2[C@H]3[C@@H](CC[C@@]21C)[C@H]1C=CC(=O)C=C1C[C@@H]3C. The Morgan fingerprint density at radius 3 is 2.87 bits per heavy atom. The maximum Gasteiger partial charge on any atom is 0.178 e. The Bertz CT molecular complexity index is 651. The second-order valence-electron chi connectivity index (χ2n) is 8.54. The molecule has 0 heterocycles. The normalized spacial score (nSPS) is 51.3. The summed E-state index contributed by atoms with van der Waals surface area (Å²) in [6.45, 7) is 4.55. The van der Waals surface area contributed by atoms with Crippen molar-refractivity contribution in [2.24, 2.45) is 35.0 Å². The van der Waals surface area contributed by atoms with Gasteiger partial charge in [0, 0.05) is 11.3 Å². The van der Waals surface area contributed by atoms with E-state index in [1.165, 1.54) is 5.57 Å². The van der Waals surface area contributed by atoms with Crippen LogP contribution in [0.2, 0.25) is 0 Å². The maximum absolute atomic E-state index is 11.7. The quantitative estimate of drug-likeness (QED) is 0.695. The minimum absolute atomic E-state index is 0.144. The standard InChI is InChI=1S/C21H26O2/c1-4-21(23)10-8-18-19-13(2)11-14-12-15(22)5-6-16(14)17(19)7-9-20(18,21)3/h1,5-6,12-13,16-19,23H,7-11H2,2-3H3/t13-,16-,17-,18+,19+,20-,21+/m0/s1. The van der Waals surface area contributed by atoms with Crippen molar-refractivity contribution in [3.63, 3.8) is 0 Å². The van der Waals surface area contributed by atoms with Crippen molar-refractivity contribution >= 4 is 5.78 Å². The summed E-state index contributed by atoms with van der Waals surface area (Å²) in [6.07, 6.45) is 16.4. The molecule has 1 N–H and O–H groups in total. The fourth-order valence-corrected chi connectivity index (χ4v) is 6.49. The highest BCUT2D eigenvalue weighted by atomic mass is 16.3. The number of ketones is 1. The van der Waals surface area contributed by atoms with Gasteiger partial charge in [-0.2, -0.15) is 0 Å². The minimum atomic E-state index is -0.934. The summed E-state index contributed by atoms with van der Waals surface area (Å²) in [4.78, 5) is 11.7. The molecule has 0 spiro atoms. The predicted octanol–water partition coefficient (Wildman–Crippen LogP) is 3.51. The lowest BCUT2D eigenvalue weighted by Crippen LogP contribution is -2.53. The van der Waals surface area contributed by atoms with E-state index in [1.807, 2.05) is 6.08 Å². The van der Waals surface area contributed by atoms with E-state index in [0.29, 0.717) is 29.6 Å². The predicted molar refractivity (Wildman–Crippen MR) is 90.3 cm³/mol. The van der Waals surface area contributed by atoms with E-state index in [2.05, 4.69) is 25.8 Å². The molecular weight excluding hydrogens is 284 g/mol. The minimum Gasteiger partial charge on any atom is -0.377 e. The van der Waals surface area contributed by atoms with Gasteiger partial charge in [-0.1, -0.05) is 31.4 Å². The molecule has 0 aliphatic heterocycles. The van der Waals surface area contributed by atoms with Crippen LogP contribution < -0.4 is 0 Å². The first-order valence-electron chi connectivity index (χ1n) is 9.02. The van der Waals surface area contributed by atoms with E-state index < -0.39 is 5.60 Å². The Hall–Kier alpha value is -1.33. The molecule has 0 aromatic carbocycles. The molecule has 3 saturated carbocycles. The van der Waals surface area contributed by atoms with Gasteiger partial charge < -0.3 is 5.11 Å². The number of fused-ring (bicyclic) bond motifs is 5. The van der Waals surface area contributed by atoms with E-state index in [1.54, 1.807) is 6.08 Å². The zero-order valence-electron chi connectivity index (χ0n) is 14.1. The Kier molecular flexibility index (Phi) is 3.20. The first-order chi connectivity index (χ1) is 10.9. The van der Waals surface area contributed by atoms with Crippen LogP contribution >= 0.6 is 0 Å². The molecule has 0 amide bonds. The van der Waals surface area contributed by atoms with Crippen LogP contribution in [0.25, 0.3) is 0 Å². The number of allylic oxidation sites excluding steroid dienone is 4. The van der Waals surface area contributed by atoms with Gasteiger partial charge in [0.1, 0.15) is 5.60 Å². The molecule has 0 bridgehead atoms. The molecule has 0 aromatic rings. The molecular formula is C21H26O2. The van der Waals surface area contributed by atoms with Crippen molar-refractivity contribution in [3.05, 3.63) is 23.8 Å². The number of hydrogen-bond donors (Lipinski definition) is 1. The lowest BCUT2D eigenvalue weighted by molar-refractivity contribution is -0.111. The number of aliphatic hydroxyl groups is 1. The van der Waals surface area contributed by atoms with Crippen LogP contribution in [-0.2, 0) is 4.79 Å². The van der Waals surface area contributed by atoms with Gasteiger partial charge in [-0.25, -0.2) is 0 Å². The second kappa shape index (κ2) is 4.84. The maximum atomic E-state index is 11.7. The van der Waals surface area contributed by atoms with Crippen LogP contribution in [0.1, 0.15) is 46.0 Å². The van der Waals surface area contributed by atoms with E-state index in [9.17, 15) is 9.90 Å². The Labute approximate surface area is 139 Å². The molecule has 4 aliphatic rings. The van der Waals surface area contributed by atoms with Crippen LogP contribution in [0.3, 0.4) is 0 Å². The Balaban J connectivity index is 1.71. The molecule has 0 aromatic heterocycles. The molecule has 2 heteroatoms. The highest BCUT2D eigenvalue weighted by Gasteiger charge is 2.62. The van der Waals surface area contributed by atoms with Crippen molar-refractivity contribution in [1.82, 2.24) is 0 Å². The highest BCUT2D eigenvalue weighted by Crippen LogP contribution is 2.65. The monoisotopic (exact) mass is 310 g/mol. The number of rotatable bonds is 0. The smallest absolute Gasteiger partial charge is 0.178 e. The van der Waals surface area contributed by atoms with E-state index in [-0.39, 0.29) is 11.2 Å². The lowest BCUT2D eigenvalue weighted by atomic mass is 9.49. The molecule has 4 rings (SSSR count). The fraction of sp³-hybridized carbons (Fsp3) is 0.667. The van der Waals surface area contributed by atoms with E-state index in [0.717, 1.165) is 32.1 Å². The van der Waals surface area contributed by atoms with Gasteiger partial charge in [0.2, 0.25) is 0 Å². The van der Waals surface area contributed by atoms with Crippen molar-refractivity contribution in [2.75, 3.05) is 0 Å². The zero-order valence-corrected chi connectivity index (χ0v) is 14.1. The molecule has 0 radical (unpaired) electrons. The molecule has 2 nitrogen and oxygen atoms in total. The van der Waals surface area contributed by atoms with E-state index in [4.69, 9.17) is 6.42 Å². The summed E-state index contributed by atoms with van der Waals surface area (Å²) < 4.78 is 0. The molecule has 122 valence electrons. The second-order valence-corrected chi connectivity index (χ2v) is 8.54. The Morgan fingerprint density at radius 1 is 1.35 bits per heavy atom. The number of carbonyl (C=O) groups is 1. The van der Waals surface area contributed by atoms with Crippen LogP contribution in [0.5, 0.6) is 0 Å². The van der Waals surface area contributed by atoms with Crippen LogP contribution in [0.15, 0.2) is 23.8 Å². The van der Waals surface area contributed by atoms with Crippen molar-refractivity contribution in [2.45, 2.75) is 51.6 Å². The third kappa shape index (κ3) is 1.89. The van der Waals surface area contributed by atoms with Gasteiger partial charge >= 0.3 is 0 Å². The largest absolute Gasteiger partial charge is 0.377 e. The highest BCUT2D eigenvalue weighted by molar-refractivity contribution is 6.00. The topological polar surface area (TPSA) is 37.3 Å². The molecule has 0 unspecified atom stereocenters. The van der Waals surface area contributed by atoms with E-state index >= 15 is 0 Å². The summed E-state index contributed by atoms with van der Waals surface area (Å²) in [6, 6.07) is 0. The summed E-state index contributed by atoms with van der Waals surface area (Å²) in [5.74, 6) is 5.59. The summed E-state index contributed by atoms with van der Waals surface area (Å²) >= 11 is 0. The molecule has 4 aliphatic carbocycles. The molecule has 23 heavy (non-hydrogen) atoms. The fourth-order valence-electron chi connectivity index (χ4n) is 6.49. The van der Waals surface area contributed by atoms with Crippen LogP contribution in [-0.4, -0.2) is 16.5 Å². The zero-order chi connectivity index (χ0) is 16.4. The first-order valence-corrected chi connectivity index (χ1v) is 9.02. The molecule has 3 fully saturated rings. The number of hydrogen-bond acceptors (Lipinski definition) is 2. The number of carbonyl (C=O) groups excluding carboxylic acids is 1. The van der Waals surface area contributed by atoms with Gasteiger partial charge in [-0.15, -0.1) is 6.42 Å². The number of terminal acetylenes is 1. The third-order valence-electron chi connectivity index (χ3n) is 7.67. The van der Waals surface area contributed by atoms with Gasteiger partial charge in [0.05, 0.1) is 0 Å². The van der Waals surface area contributed by atoms with Crippen LogP contribution in [0, 0.1) is 47.3 Å². The average molecular weight is 310 g/mol. The average Bonchev–Trinajstić information content (AvgIpc) is 2.79. The lowest BCUT2D eigenvalue weighted by Gasteiger charge is -2.56. The summed E-state index contributed by atoms with van der Waals surface area (Å²) in [5.41, 5.74) is 0.253.